The number of anilines is 1. The number of hydrogen-bond donors (Lipinski definition) is 1. The standard InChI is InChI=1S/C23H24N2O7S/c1-4-14-13(3)33-20(19(14)23(30)31-5-2)24-17(26)12-32-18(27)10-11-25-21(28)15-8-6-7-9-16(15)22(25)29/h6-9H,4-5,10-12H2,1-3H3,(H,24,26). The number of thiophene rings is 1. The number of nitrogens with zero attached hydrogens (tertiary/aromatic N) is 1. The maximum atomic E-state index is 12.3. The van der Waals surface area contributed by atoms with Crippen LogP contribution in [-0.4, -0.2) is 54.3 Å². The third-order valence-electron chi connectivity index (χ3n) is 5.08. The van der Waals surface area contributed by atoms with Crippen molar-refractivity contribution in [3.8, 4) is 0 Å². The molecule has 0 unspecified atom stereocenters. The molecule has 0 saturated carbocycles. The lowest BCUT2D eigenvalue weighted by Gasteiger charge is -2.13. The van der Waals surface area contributed by atoms with Crippen molar-refractivity contribution >= 4 is 46.0 Å². The first kappa shape index (κ1) is 24.1. The van der Waals surface area contributed by atoms with Crippen LogP contribution in [0.4, 0.5) is 5.00 Å². The predicted octanol–water partition coefficient (Wildman–Crippen LogP) is 2.96. The van der Waals surface area contributed by atoms with Gasteiger partial charge < -0.3 is 14.8 Å². The minimum atomic E-state index is -0.732. The highest BCUT2D eigenvalue weighted by molar-refractivity contribution is 7.16. The molecule has 10 heteroatoms. The number of carbonyl (C=O) groups is 5. The Morgan fingerprint density at radius 1 is 1.03 bits per heavy atom. The van der Waals surface area contributed by atoms with Crippen LogP contribution in [0.1, 0.15) is 61.8 Å². The molecular formula is C23H24N2O7S. The largest absolute Gasteiger partial charge is 0.462 e. The van der Waals surface area contributed by atoms with Gasteiger partial charge in [-0.15, -0.1) is 11.3 Å². The molecule has 3 rings (SSSR count). The van der Waals surface area contributed by atoms with Crippen molar-refractivity contribution in [3.63, 3.8) is 0 Å². The fourth-order valence-corrected chi connectivity index (χ4v) is 4.69. The molecule has 174 valence electrons. The molecule has 2 aromatic rings. The molecule has 33 heavy (non-hydrogen) atoms. The van der Waals surface area contributed by atoms with Gasteiger partial charge in [0.05, 0.1) is 29.7 Å². The molecule has 1 aromatic carbocycles. The molecule has 0 radical (unpaired) electrons. The lowest BCUT2D eigenvalue weighted by atomic mass is 10.1. The number of carbonyl (C=O) groups excluding carboxylic acids is 5. The van der Waals surface area contributed by atoms with Crippen LogP contribution in [0.3, 0.4) is 0 Å². The van der Waals surface area contributed by atoms with Gasteiger partial charge in [-0.1, -0.05) is 19.1 Å². The quantitative estimate of drug-likeness (QED) is 0.440. The topological polar surface area (TPSA) is 119 Å². The van der Waals surface area contributed by atoms with Gasteiger partial charge in [-0.2, -0.15) is 0 Å². The molecule has 0 fully saturated rings. The minimum absolute atomic E-state index is 0.149. The number of nitrogens with one attached hydrogen (secondary N) is 1. The zero-order valence-electron chi connectivity index (χ0n) is 18.6. The second-order valence-electron chi connectivity index (χ2n) is 7.18. The van der Waals surface area contributed by atoms with Crippen LogP contribution >= 0.6 is 11.3 Å². The molecule has 0 saturated heterocycles. The fourth-order valence-electron chi connectivity index (χ4n) is 3.54. The van der Waals surface area contributed by atoms with Gasteiger partial charge in [0.25, 0.3) is 17.7 Å². The van der Waals surface area contributed by atoms with Crippen LogP contribution in [0.2, 0.25) is 0 Å². The van der Waals surface area contributed by atoms with Crippen LogP contribution in [0.15, 0.2) is 24.3 Å². The Balaban J connectivity index is 1.54. The lowest BCUT2D eigenvalue weighted by Crippen LogP contribution is -2.32. The third kappa shape index (κ3) is 5.11. The molecule has 0 bridgehead atoms. The molecule has 1 aliphatic heterocycles. The molecule has 9 nitrogen and oxygen atoms in total. The van der Waals surface area contributed by atoms with E-state index < -0.39 is 36.3 Å². The zero-order chi connectivity index (χ0) is 24.1. The Kier molecular flexibility index (Phi) is 7.59. The Labute approximate surface area is 194 Å². The summed E-state index contributed by atoms with van der Waals surface area (Å²) in [5, 5.41) is 2.95. The average Bonchev–Trinajstić information content (AvgIpc) is 3.24. The van der Waals surface area contributed by atoms with E-state index in [2.05, 4.69) is 5.32 Å². The molecule has 1 aromatic heterocycles. The summed E-state index contributed by atoms with van der Waals surface area (Å²) in [6.07, 6.45) is 0.351. The molecule has 0 atom stereocenters. The molecule has 1 aliphatic rings. The van der Waals surface area contributed by atoms with Gasteiger partial charge in [-0.25, -0.2) is 4.79 Å². The number of amides is 3. The molecular weight excluding hydrogens is 448 g/mol. The summed E-state index contributed by atoms with van der Waals surface area (Å²) in [5.74, 6) is -2.80. The highest BCUT2D eigenvalue weighted by atomic mass is 32.1. The molecule has 2 heterocycles. The summed E-state index contributed by atoms with van der Waals surface area (Å²) in [6, 6.07) is 6.43. The van der Waals surface area contributed by atoms with E-state index in [0.29, 0.717) is 28.1 Å². The Morgan fingerprint density at radius 2 is 1.67 bits per heavy atom. The van der Waals surface area contributed by atoms with Gasteiger partial charge in [0.15, 0.2) is 6.61 Å². The monoisotopic (exact) mass is 472 g/mol. The van der Waals surface area contributed by atoms with Gasteiger partial charge in [0.1, 0.15) is 5.00 Å². The van der Waals surface area contributed by atoms with Crippen molar-refractivity contribution in [3.05, 3.63) is 51.4 Å². The Bertz CT molecular complexity index is 1090. The Hall–Kier alpha value is -3.53. The maximum absolute atomic E-state index is 12.3. The van der Waals surface area contributed by atoms with Crippen LogP contribution < -0.4 is 5.32 Å². The van der Waals surface area contributed by atoms with Crippen molar-refractivity contribution in [1.29, 1.82) is 0 Å². The van der Waals surface area contributed by atoms with E-state index in [1.165, 1.54) is 11.3 Å². The van der Waals surface area contributed by atoms with Gasteiger partial charge in [0.2, 0.25) is 0 Å². The molecule has 0 spiro atoms. The number of benzene rings is 1. The summed E-state index contributed by atoms with van der Waals surface area (Å²) < 4.78 is 10.1. The first-order valence-corrected chi connectivity index (χ1v) is 11.3. The van der Waals surface area contributed by atoms with Gasteiger partial charge in [-0.3, -0.25) is 24.1 Å². The molecule has 3 amide bonds. The maximum Gasteiger partial charge on any atom is 0.341 e. The normalized spacial score (nSPS) is 12.5. The highest BCUT2D eigenvalue weighted by Gasteiger charge is 2.35. The van der Waals surface area contributed by atoms with Crippen molar-refractivity contribution in [2.24, 2.45) is 0 Å². The van der Waals surface area contributed by atoms with Gasteiger partial charge in [-0.05, 0) is 38.0 Å². The first-order chi connectivity index (χ1) is 15.8. The smallest absolute Gasteiger partial charge is 0.341 e. The van der Waals surface area contributed by atoms with Crippen molar-refractivity contribution in [1.82, 2.24) is 4.90 Å². The van der Waals surface area contributed by atoms with Crippen LogP contribution in [0.5, 0.6) is 0 Å². The van der Waals surface area contributed by atoms with Gasteiger partial charge in [0, 0.05) is 11.4 Å². The zero-order valence-corrected chi connectivity index (χ0v) is 19.4. The molecule has 1 N–H and O–H groups in total. The van der Waals surface area contributed by atoms with E-state index in [9.17, 15) is 24.0 Å². The first-order valence-electron chi connectivity index (χ1n) is 10.5. The van der Waals surface area contributed by atoms with Crippen LogP contribution in [-0.2, 0) is 25.5 Å². The predicted molar refractivity (Wildman–Crippen MR) is 120 cm³/mol. The second kappa shape index (κ2) is 10.4. The summed E-state index contributed by atoms with van der Waals surface area (Å²) in [6.45, 7) is 4.93. The number of ether oxygens (including phenoxy) is 2. The van der Waals surface area contributed by atoms with E-state index >= 15 is 0 Å². The van der Waals surface area contributed by atoms with Crippen molar-refractivity contribution < 1.29 is 33.4 Å². The van der Waals surface area contributed by atoms with E-state index in [-0.39, 0.29) is 19.6 Å². The number of rotatable bonds is 9. The van der Waals surface area contributed by atoms with E-state index in [0.717, 1.165) is 15.3 Å². The van der Waals surface area contributed by atoms with Crippen molar-refractivity contribution in [2.45, 2.75) is 33.6 Å². The van der Waals surface area contributed by atoms with Crippen LogP contribution in [0, 0.1) is 6.92 Å². The lowest BCUT2D eigenvalue weighted by molar-refractivity contribution is -0.147. The third-order valence-corrected chi connectivity index (χ3v) is 6.14. The number of fused-ring (bicyclic) bond motifs is 1. The SMILES string of the molecule is CCOC(=O)c1c(NC(=O)COC(=O)CCN2C(=O)c3ccccc3C2=O)sc(C)c1CC. The van der Waals surface area contributed by atoms with Gasteiger partial charge >= 0.3 is 11.9 Å². The van der Waals surface area contributed by atoms with Crippen LogP contribution in [0.25, 0.3) is 0 Å². The minimum Gasteiger partial charge on any atom is -0.462 e. The summed E-state index contributed by atoms with van der Waals surface area (Å²) in [5.41, 5.74) is 1.70. The van der Waals surface area contributed by atoms with Crippen molar-refractivity contribution in [2.75, 3.05) is 25.1 Å². The van der Waals surface area contributed by atoms with E-state index in [1.54, 1.807) is 31.2 Å². The number of esters is 2. The van der Waals surface area contributed by atoms with E-state index in [1.807, 2.05) is 13.8 Å². The number of imide groups is 1. The second-order valence-corrected chi connectivity index (χ2v) is 8.41. The summed E-state index contributed by atoms with van der Waals surface area (Å²) in [4.78, 5) is 63.3. The highest BCUT2D eigenvalue weighted by Crippen LogP contribution is 2.34. The number of hydrogen-bond acceptors (Lipinski definition) is 8. The summed E-state index contributed by atoms with van der Waals surface area (Å²) in [7, 11) is 0. The average molecular weight is 473 g/mol. The molecule has 0 aliphatic carbocycles. The van der Waals surface area contributed by atoms with E-state index in [4.69, 9.17) is 9.47 Å². The Morgan fingerprint density at radius 3 is 2.24 bits per heavy atom. The summed E-state index contributed by atoms with van der Waals surface area (Å²) >= 11 is 1.25. The fraction of sp³-hybridized carbons (Fsp3) is 0.348. The number of aryl methyl sites for hydroxylation is 1.